The molecule has 1 amide bonds. The highest BCUT2D eigenvalue weighted by Gasteiger charge is 2.33. The molecule has 10 nitrogen and oxygen atoms in total. The van der Waals surface area contributed by atoms with Crippen molar-refractivity contribution in [3.63, 3.8) is 0 Å². The van der Waals surface area contributed by atoms with Crippen LogP contribution in [0, 0.1) is 11.3 Å². The lowest BCUT2D eigenvalue weighted by molar-refractivity contribution is 0.0512. The van der Waals surface area contributed by atoms with E-state index in [1.54, 1.807) is 7.11 Å². The largest absolute Gasteiger partial charge is 0.467 e. The lowest BCUT2D eigenvalue weighted by Gasteiger charge is -2.41. The fraction of sp³-hybridized carbons (Fsp3) is 0.407. The van der Waals surface area contributed by atoms with Crippen LogP contribution in [0.4, 0.5) is 16.3 Å². The number of hydrogen-bond donors (Lipinski definition) is 1. The number of methoxy groups -OCH3 is 1. The van der Waals surface area contributed by atoms with Crippen molar-refractivity contribution in [3.05, 3.63) is 47.7 Å². The van der Waals surface area contributed by atoms with Gasteiger partial charge in [-0.1, -0.05) is 36.0 Å². The molecular weight excluding hydrogens is 504 g/mol. The fourth-order valence-electron chi connectivity index (χ4n) is 5.26. The second-order valence-electron chi connectivity index (χ2n) is 9.28. The number of rotatable bonds is 7. The molecule has 0 saturated carbocycles. The molecule has 3 aromatic rings. The van der Waals surface area contributed by atoms with Crippen LogP contribution < -0.4 is 14.5 Å². The Balaban J connectivity index is 1.48. The minimum atomic E-state index is -0.987. The summed E-state index contributed by atoms with van der Waals surface area (Å²) in [4.78, 5) is 27.3. The molecule has 38 heavy (non-hydrogen) atoms. The van der Waals surface area contributed by atoms with Crippen LogP contribution >= 0.6 is 11.8 Å². The van der Waals surface area contributed by atoms with Crippen LogP contribution in [0.3, 0.4) is 0 Å². The number of amides is 1. The Morgan fingerprint density at radius 3 is 2.82 bits per heavy atom. The third kappa shape index (κ3) is 5.14. The monoisotopic (exact) mass is 534 g/mol. The molecule has 11 heteroatoms. The number of thioether (sulfide) groups is 1. The van der Waals surface area contributed by atoms with Gasteiger partial charge < -0.3 is 29.3 Å². The molecule has 5 rings (SSSR count). The minimum Gasteiger partial charge on any atom is -0.467 e. The third-order valence-corrected chi connectivity index (χ3v) is 7.61. The Morgan fingerprint density at radius 2 is 2.05 bits per heavy atom. The predicted molar refractivity (Wildman–Crippen MR) is 146 cm³/mol. The molecule has 198 valence electrons. The maximum absolute atomic E-state index is 11.7. The summed E-state index contributed by atoms with van der Waals surface area (Å²) in [7, 11) is 1.61. The van der Waals surface area contributed by atoms with E-state index in [1.165, 1.54) is 16.7 Å². The first-order valence-corrected chi connectivity index (χ1v) is 13.7. The van der Waals surface area contributed by atoms with E-state index in [2.05, 4.69) is 34.1 Å². The average molecular weight is 535 g/mol. The van der Waals surface area contributed by atoms with Crippen molar-refractivity contribution >= 4 is 40.1 Å². The summed E-state index contributed by atoms with van der Waals surface area (Å²) in [6.07, 6.45) is 1.86. The van der Waals surface area contributed by atoms with E-state index in [0.29, 0.717) is 31.3 Å². The normalized spacial score (nSPS) is 17.3. The van der Waals surface area contributed by atoms with E-state index in [0.717, 1.165) is 52.3 Å². The molecule has 3 heterocycles. The number of carbonyl (C=O) groups is 1. The number of piperazine rings is 1. The van der Waals surface area contributed by atoms with Crippen LogP contribution in [0.5, 0.6) is 5.75 Å². The van der Waals surface area contributed by atoms with Gasteiger partial charge in [0.1, 0.15) is 11.6 Å². The van der Waals surface area contributed by atoms with E-state index in [4.69, 9.17) is 19.4 Å². The SMILES string of the molecule is COCOc1cc(N2CCc3c(nc(SC)nc3N3CCN(C(=O)O)C(CC#N)C3)C2)c2ccccc2c1. The molecule has 2 aliphatic rings. The van der Waals surface area contributed by atoms with Crippen molar-refractivity contribution < 1.29 is 19.4 Å². The van der Waals surface area contributed by atoms with Gasteiger partial charge in [0.05, 0.1) is 30.8 Å². The molecule has 1 saturated heterocycles. The second kappa shape index (κ2) is 11.3. The number of aromatic nitrogens is 2. The topological polar surface area (TPSA) is 115 Å². The minimum absolute atomic E-state index is 0.147. The van der Waals surface area contributed by atoms with Crippen molar-refractivity contribution in [1.29, 1.82) is 5.26 Å². The van der Waals surface area contributed by atoms with Crippen molar-refractivity contribution in [3.8, 4) is 11.8 Å². The van der Waals surface area contributed by atoms with Crippen molar-refractivity contribution in [1.82, 2.24) is 14.9 Å². The Kier molecular flexibility index (Phi) is 7.72. The zero-order valence-corrected chi connectivity index (χ0v) is 22.3. The molecule has 0 bridgehead atoms. The molecule has 2 aromatic carbocycles. The number of carboxylic acid groups (broad SMARTS) is 1. The maximum atomic E-state index is 11.7. The Labute approximate surface area is 225 Å². The number of hydrogen-bond acceptors (Lipinski definition) is 9. The van der Waals surface area contributed by atoms with E-state index in [1.807, 2.05) is 24.5 Å². The van der Waals surface area contributed by atoms with Gasteiger partial charge in [-0.15, -0.1) is 0 Å². The van der Waals surface area contributed by atoms with Gasteiger partial charge in [0, 0.05) is 56.0 Å². The summed E-state index contributed by atoms with van der Waals surface area (Å²) in [5, 5.41) is 21.8. The highest BCUT2D eigenvalue weighted by molar-refractivity contribution is 7.98. The first-order chi connectivity index (χ1) is 18.5. The van der Waals surface area contributed by atoms with Crippen LogP contribution in [-0.4, -0.2) is 78.4 Å². The standard InChI is InChI=1S/C27H30N6O4S/c1-36-17-37-20-13-18-5-3-4-6-21(18)24(14-20)31-10-8-22-23(16-31)29-26(38-2)30-25(22)32-11-12-33(27(34)35)19(15-32)7-9-28/h3-6,13-14,19H,7-8,10-12,15-17H2,1-2H3,(H,34,35). The van der Waals surface area contributed by atoms with Gasteiger partial charge in [-0.2, -0.15) is 5.26 Å². The number of anilines is 2. The summed E-state index contributed by atoms with van der Waals surface area (Å²) >= 11 is 1.49. The van der Waals surface area contributed by atoms with Gasteiger partial charge in [0.25, 0.3) is 0 Å². The number of fused-ring (bicyclic) bond motifs is 2. The van der Waals surface area contributed by atoms with Crippen LogP contribution in [0.25, 0.3) is 10.8 Å². The first kappa shape index (κ1) is 25.9. The molecule has 0 aliphatic carbocycles. The Hall–Kier alpha value is -3.75. The summed E-state index contributed by atoms with van der Waals surface area (Å²) in [6.45, 7) is 2.87. The number of nitriles is 1. The van der Waals surface area contributed by atoms with E-state index < -0.39 is 12.1 Å². The molecule has 1 N–H and O–H groups in total. The molecule has 1 aromatic heterocycles. The highest BCUT2D eigenvalue weighted by atomic mass is 32.2. The van der Waals surface area contributed by atoms with Crippen LogP contribution in [0.1, 0.15) is 17.7 Å². The molecule has 1 unspecified atom stereocenters. The number of benzene rings is 2. The zero-order valence-electron chi connectivity index (χ0n) is 21.5. The van der Waals surface area contributed by atoms with E-state index >= 15 is 0 Å². The third-order valence-electron chi connectivity index (χ3n) is 7.06. The average Bonchev–Trinajstić information content (AvgIpc) is 2.94. The van der Waals surface area contributed by atoms with Crippen molar-refractivity contribution in [2.24, 2.45) is 0 Å². The molecule has 1 fully saturated rings. The quantitative estimate of drug-likeness (QED) is 0.271. The number of ether oxygens (including phenoxy) is 2. The fourth-order valence-corrected chi connectivity index (χ4v) is 5.64. The van der Waals surface area contributed by atoms with Crippen LogP contribution in [0.2, 0.25) is 0 Å². The molecule has 1 atom stereocenters. The molecule has 2 aliphatic heterocycles. The van der Waals surface area contributed by atoms with Gasteiger partial charge in [0.15, 0.2) is 11.9 Å². The smallest absolute Gasteiger partial charge is 0.407 e. The molecule has 0 spiro atoms. The van der Waals surface area contributed by atoms with Crippen LogP contribution in [-0.2, 0) is 17.7 Å². The summed E-state index contributed by atoms with van der Waals surface area (Å²) in [6, 6.07) is 14.1. The summed E-state index contributed by atoms with van der Waals surface area (Å²) < 4.78 is 10.9. The van der Waals surface area contributed by atoms with Gasteiger partial charge in [-0.05, 0) is 24.1 Å². The van der Waals surface area contributed by atoms with Crippen molar-refractivity contribution in [2.45, 2.75) is 30.6 Å². The second-order valence-corrected chi connectivity index (χ2v) is 10.1. The molecule has 0 radical (unpaired) electrons. The summed E-state index contributed by atoms with van der Waals surface area (Å²) in [5.41, 5.74) is 3.14. The first-order valence-electron chi connectivity index (χ1n) is 12.5. The van der Waals surface area contributed by atoms with Crippen LogP contribution in [0.15, 0.2) is 41.6 Å². The maximum Gasteiger partial charge on any atom is 0.407 e. The zero-order chi connectivity index (χ0) is 26.6. The van der Waals surface area contributed by atoms with E-state index in [9.17, 15) is 15.2 Å². The van der Waals surface area contributed by atoms with Gasteiger partial charge >= 0.3 is 6.09 Å². The Morgan fingerprint density at radius 1 is 1.21 bits per heavy atom. The van der Waals surface area contributed by atoms with Gasteiger partial charge in [-0.3, -0.25) is 0 Å². The Bertz CT molecular complexity index is 1380. The highest BCUT2D eigenvalue weighted by Crippen LogP contribution is 2.37. The predicted octanol–water partition coefficient (Wildman–Crippen LogP) is 3.98. The number of nitrogens with zero attached hydrogens (tertiary/aromatic N) is 6. The summed E-state index contributed by atoms with van der Waals surface area (Å²) in [5.74, 6) is 1.60. The van der Waals surface area contributed by atoms with Gasteiger partial charge in [-0.25, -0.2) is 14.8 Å². The van der Waals surface area contributed by atoms with Crippen molar-refractivity contribution in [2.75, 3.05) is 56.1 Å². The van der Waals surface area contributed by atoms with E-state index in [-0.39, 0.29) is 13.2 Å². The molecular formula is C27H30N6O4S. The lowest BCUT2D eigenvalue weighted by atomic mass is 10.0. The van der Waals surface area contributed by atoms with Gasteiger partial charge in [0.2, 0.25) is 0 Å². The lowest BCUT2D eigenvalue weighted by Crippen LogP contribution is -2.55.